The fraction of sp³-hybridized carbons (Fsp3) is 0.176. The summed E-state index contributed by atoms with van der Waals surface area (Å²) in [5, 5.41) is 5.25. The predicted octanol–water partition coefficient (Wildman–Crippen LogP) is 3.23. The number of hydrogen-bond acceptors (Lipinski definition) is 7. The second kappa shape index (κ2) is 7.20. The Morgan fingerprint density at radius 1 is 1.20 bits per heavy atom. The Labute approximate surface area is 150 Å². The summed E-state index contributed by atoms with van der Waals surface area (Å²) in [5.41, 5.74) is 1.29. The second-order valence-electron chi connectivity index (χ2n) is 5.34. The normalized spacial score (nSPS) is 11.3. The van der Waals surface area contributed by atoms with Crippen molar-refractivity contribution in [3.63, 3.8) is 0 Å². The van der Waals surface area contributed by atoms with Crippen molar-refractivity contribution in [1.82, 2.24) is 9.97 Å². The van der Waals surface area contributed by atoms with Gasteiger partial charge in [-0.2, -0.15) is 0 Å². The van der Waals surface area contributed by atoms with Crippen LogP contribution in [0.1, 0.15) is 4.88 Å². The van der Waals surface area contributed by atoms with E-state index < -0.39 is 9.84 Å². The summed E-state index contributed by atoms with van der Waals surface area (Å²) in [6.07, 6.45) is 2.79. The van der Waals surface area contributed by atoms with Gasteiger partial charge in [-0.05, 0) is 23.6 Å². The molecule has 0 amide bonds. The molecule has 3 aromatic rings. The molecule has 0 radical (unpaired) electrons. The summed E-state index contributed by atoms with van der Waals surface area (Å²) in [7, 11) is -1.71. The number of hydrogen-bond donors (Lipinski definition) is 1. The Morgan fingerprint density at radius 3 is 2.56 bits per heavy atom. The maximum absolute atomic E-state index is 11.6. The molecule has 0 atom stereocenters. The van der Waals surface area contributed by atoms with Crippen molar-refractivity contribution in [2.75, 3.05) is 18.7 Å². The van der Waals surface area contributed by atoms with Crippen LogP contribution >= 0.6 is 11.3 Å². The Balaban J connectivity index is 1.89. The highest BCUT2D eigenvalue weighted by Gasteiger charge is 2.13. The van der Waals surface area contributed by atoms with E-state index in [-0.39, 0.29) is 4.90 Å². The lowest BCUT2D eigenvalue weighted by Gasteiger charge is -2.10. The molecular formula is C17H17N3O3S2. The first-order chi connectivity index (χ1) is 12.0. The van der Waals surface area contributed by atoms with Gasteiger partial charge in [-0.3, -0.25) is 0 Å². The van der Waals surface area contributed by atoms with E-state index in [0.717, 1.165) is 5.56 Å². The predicted molar refractivity (Wildman–Crippen MR) is 98.8 cm³/mol. The van der Waals surface area contributed by atoms with Crippen molar-refractivity contribution in [2.45, 2.75) is 11.4 Å². The SMILES string of the molecule is COc1ncc(NCc2cccs2)nc1-c1ccc(S(C)(=O)=O)cc1. The van der Waals surface area contributed by atoms with Crippen LogP contribution in [0.15, 0.2) is 52.9 Å². The summed E-state index contributed by atoms with van der Waals surface area (Å²) in [5.74, 6) is 1.00. The van der Waals surface area contributed by atoms with E-state index in [2.05, 4.69) is 15.3 Å². The standard InChI is InChI=1S/C17H17N3O3S2/c1-23-17-16(12-5-7-14(8-6-12)25(2,21)22)20-15(11-19-17)18-10-13-4-3-9-24-13/h3-9,11H,10H2,1-2H3,(H,18,20). The molecule has 1 aromatic carbocycles. The van der Waals surface area contributed by atoms with Crippen molar-refractivity contribution in [2.24, 2.45) is 0 Å². The quantitative estimate of drug-likeness (QED) is 0.712. The number of anilines is 1. The minimum absolute atomic E-state index is 0.259. The molecule has 2 heterocycles. The van der Waals surface area contributed by atoms with Crippen molar-refractivity contribution < 1.29 is 13.2 Å². The fourth-order valence-electron chi connectivity index (χ4n) is 2.25. The van der Waals surface area contributed by atoms with Gasteiger partial charge < -0.3 is 10.1 Å². The van der Waals surface area contributed by atoms with Gasteiger partial charge in [-0.15, -0.1) is 11.3 Å². The molecule has 0 aliphatic carbocycles. The molecule has 0 fully saturated rings. The summed E-state index contributed by atoms with van der Waals surface area (Å²) in [6, 6.07) is 10.5. The van der Waals surface area contributed by atoms with Gasteiger partial charge in [-0.25, -0.2) is 18.4 Å². The van der Waals surface area contributed by atoms with Crippen LogP contribution in [0.2, 0.25) is 0 Å². The van der Waals surface area contributed by atoms with E-state index in [0.29, 0.717) is 23.9 Å². The number of ether oxygens (including phenoxy) is 1. The smallest absolute Gasteiger partial charge is 0.240 e. The molecule has 1 N–H and O–H groups in total. The number of nitrogens with zero attached hydrogens (tertiary/aromatic N) is 2. The van der Waals surface area contributed by atoms with Crippen LogP contribution in [-0.4, -0.2) is 31.8 Å². The van der Waals surface area contributed by atoms with Gasteiger partial charge in [0.15, 0.2) is 9.84 Å². The second-order valence-corrected chi connectivity index (χ2v) is 8.39. The van der Waals surface area contributed by atoms with E-state index >= 15 is 0 Å². The Bertz CT molecular complexity index is 953. The van der Waals surface area contributed by atoms with E-state index in [1.54, 1.807) is 41.8 Å². The maximum Gasteiger partial charge on any atom is 0.240 e. The van der Waals surface area contributed by atoms with Crippen molar-refractivity contribution in [3.8, 4) is 17.1 Å². The van der Waals surface area contributed by atoms with Crippen LogP contribution < -0.4 is 10.1 Å². The zero-order chi connectivity index (χ0) is 17.9. The average Bonchev–Trinajstić information content (AvgIpc) is 3.12. The van der Waals surface area contributed by atoms with E-state index in [4.69, 9.17) is 4.74 Å². The first-order valence-corrected chi connectivity index (χ1v) is 10.2. The highest BCUT2D eigenvalue weighted by molar-refractivity contribution is 7.90. The number of methoxy groups -OCH3 is 1. The number of sulfone groups is 1. The third-order valence-corrected chi connectivity index (χ3v) is 5.52. The molecule has 0 aliphatic rings. The first kappa shape index (κ1) is 17.4. The topological polar surface area (TPSA) is 81.2 Å². The Kier molecular flexibility index (Phi) is 5.00. The van der Waals surface area contributed by atoms with Crippen LogP contribution in [0.5, 0.6) is 5.88 Å². The molecule has 0 aliphatic heterocycles. The van der Waals surface area contributed by atoms with E-state index in [1.807, 2.05) is 17.5 Å². The van der Waals surface area contributed by atoms with Crippen LogP contribution in [0.4, 0.5) is 5.82 Å². The molecule has 0 saturated carbocycles. The lowest BCUT2D eigenvalue weighted by molar-refractivity contribution is 0.398. The number of thiophene rings is 1. The number of benzene rings is 1. The molecule has 3 rings (SSSR count). The monoisotopic (exact) mass is 375 g/mol. The Hall–Kier alpha value is -2.45. The number of nitrogens with one attached hydrogen (secondary N) is 1. The highest BCUT2D eigenvalue weighted by Crippen LogP contribution is 2.28. The molecule has 0 saturated heterocycles. The van der Waals surface area contributed by atoms with Crippen LogP contribution in [-0.2, 0) is 16.4 Å². The summed E-state index contributed by atoms with van der Waals surface area (Å²) in [4.78, 5) is 10.3. The van der Waals surface area contributed by atoms with Crippen molar-refractivity contribution in [3.05, 3.63) is 52.9 Å². The summed E-state index contributed by atoms with van der Waals surface area (Å²) in [6.45, 7) is 0.658. The molecule has 0 bridgehead atoms. The van der Waals surface area contributed by atoms with Gasteiger partial charge in [0.05, 0.1) is 24.7 Å². The first-order valence-electron chi connectivity index (χ1n) is 7.45. The molecule has 8 heteroatoms. The minimum atomic E-state index is -3.24. The highest BCUT2D eigenvalue weighted by atomic mass is 32.2. The van der Waals surface area contributed by atoms with Gasteiger partial charge >= 0.3 is 0 Å². The van der Waals surface area contributed by atoms with Crippen molar-refractivity contribution >= 4 is 27.0 Å². The van der Waals surface area contributed by atoms with Gasteiger partial charge in [-0.1, -0.05) is 18.2 Å². The van der Waals surface area contributed by atoms with Crippen molar-refractivity contribution in [1.29, 1.82) is 0 Å². The Morgan fingerprint density at radius 2 is 1.96 bits per heavy atom. The lowest BCUT2D eigenvalue weighted by atomic mass is 10.1. The average molecular weight is 375 g/mol. The summed E-state index contributed by atoms with van der Waals surface area (Å²) >= 11 is 1.66. The molecule has 25 heavy (non-hydrogen) atoms. The summed E-state index contributed by atoms with van der Waals surface area (Å²) < 4.78 is 28.5. The van der Waals surface area contributed by atoms with Crippen LogP contribution in [0.25, 0.3) is 11.3 Å². The van der Waals surface area contributed by atoms with Gasteiger partial charge in [0.25, 0.3) is 0 Å². The molecule has 0 unspecified atom stereocenters. The molecule has 130 valence electrons. The molecular weight excluding hydrogens is 358 g/mol. The molecule has 0 spiro atoms. The van der Waals surface area contributed by atoms with Crippen LogP contribution in [0.3, 0.4) is 0 Å². The third-order valence-electron chi connectivity index (χ3n) is 3.51. The zero-order valence-electron chi connectivity index (χ0n) is 13.8. The van der Waals surface area contributed by atoms with Gasteiger partial charge in [0.2, 0.25) is 5.88 Å². The van der Waals surface area contributed by atoms with Gasteiger partial charge in [0, 0.05) is 16.7 Å². The fourth-order valence-corrected chi connectivity index (χ4v) is 3.53. The minimum Gasteiger partial charge on any atom is -0.479 e. The number of aromatic nitrogens is 2. The van der Waals surface area contributed by atoms with Gasteiger partial charge in [0.1, 0.15) is 11.5 Å². The largest absolute Gasteiger partial charge is 0.479 e. The maximum atomic E-state index is 11.6. The van der Waals surface area contributed by atoms with Crippen LogP contribution in [0, 0.1) is 0 Å². The van der Waals surface area contributed by atoms with E-state index in [9.17, 15) is 8.42 Å². The number of rotatable bonds is 6. The molecule has 6 nitrogen and oxygen atoms in total. The third kappa shape index (κ3) is 4.15. The lowest BCUT2D eigenvalue weighted by Crippen LogP contribution is -2.03. The van der Waals surface area contributed by atoms with E-state index in [1.165, 1.54) is 18.2 Å². The molecule has 2 aromatic heterocycles. The zero-order valence-corrected chi connectivity index (χ0v) is 15.4.